The maximum absolute atomic E-state index is 12.0. The highest BCUT2D eigenvalue weighted by Crippen LogP contribution is 2.32. The van der Waals surface area contributed by atoms with E-state index in [2.05, 4.69) is 0 Å². The first kappa shape index (κ1) is 10.7. The van der Waals surface area contributed by atoms with Crippen LogP contribution in [0.3, 0.4) is 0 Å². The molecule has 0 radical (unpaired) electrons. The maximum atomic E-state index is 12.0. The monoisotopic (exact) mass is 204 g/mol. The number of carbonyl (C=O) groups excluding carboxylic acids is 1. The molecule has 0 aliphatic carbocycles. The molecule has 5 heteroatoms. The molecule has 0 fully saturated rings. The predicted molar refractivity (Wildman–Crippen MR) is 42.8 cm³/mol. The zero-order valence-corrected chi connectivity index (χ0v) is 6.95. The molecule has 1 unspecified atom stereocenters. The van der Waals surface area contributed by atoms with E-state index in [1.807, 2.05) is 0 Å². The van der Waals surface area contributed by atoms with Crippen LogP contribution in [0.4, 0.5) is 13.2 Å². The van der Waals surface area contributed by atoms with Crippen LogP contribution >= 0.6 is 0 Å². The molecule has 0 spiro atoms. The van der Waals surface area contributed by atoms with E-state index in [1.165, 1.54) is 12.1 Å². The third kappa shape index (κ3) is 2.32. The second-order valence-corrected chi connectivity index (χ2v) is 2.73. The SMILES string of the molecule is O=Cc1cccc(C(O)C(F)(F)F)c1. The number of rotatable bonds is 2. The maximum Gasteiger partial charge on any atom is 0.418 e. The highest BCUT2D eigenvalue weighted by atomic mass is 19.4. The van der Waals surface area contributed by atoms with Crippen molar-refractivity contribution < 1.29 is 23.1 Å². The van der Waals surface area contributed by atoms with Crippen molar-refractivity contribution in [3.05, 3.63) is 35.4 Å². The van der Waals surface area contributed by atoms with E-state index in [9.17, 15) is 18.0 Å². The van der Waals surface area contributed by atoms with E-state index < -0.39 is 12.3 Å². The van der Waals surface area contributed by atoms with Crippen molar-refractivity contribution in [1.29, 1.82) is 0 Å². The summed E-state index contributed by atoms with van der Waals surface area (Å²) in [5.41, 5.74) is -0.229. The second-order valence-electron chi connectivity index (χ2n) is 2.73. The Hall–Kier alpha value is -1.36. The molecule has 1 N–H and O–H groups in total. The predicted octanol–water partition coefficient (Wildman–Crippen LogP) is 2.09. The summed E-state index contributed by atoms with van der Waals surface area (Å²) in [6, 6.07) is 4.77. The fourth-order valence-corrected chi connectivity index (χ4v) is 0.991. The van der Waals surface area contributed by atoms with Crippen LogP contribution in [0.15, 0.2) is 24.3 Å². The number of aliphatic hydroxyl groups excluding tert-OH is 1. The summed E-state index contributed by atoms with van der Waals surface area (Å²) >= 11 is 0. The topological polar surface area (TPSA) is 37.3 Å². The highest BCUT2D eigenvalue weighted by molar-refractivity contribution is 5.74. The molecule has 0 aliphatic heterocycles. The van der Waals surface area contributed by atoms with Gasteiger partial charge in [0.05, 0.1) is 0 Å². The van der Waals surface area contributed by atoms with Crippen LogP contribution in [-0.4, -0.2) is 17.6 Å². The molecule has 0 saturated carbocycles. The van der Waals surface area contributed by atoms with E-state index >= 15 is 0 Å². The van der Waals surface area contributed by atoms with E-state index in [-0.39, 0.29) is 11.1 Å². The molecule has 76 valence electrons. The molecule has 1 rings (SSSR count). The lowest BCUT2D eigenvalue weighted by atomic mass is 10.1. The van der Waals surface area contributed by atoms with Gasteiger partial charge in [-0.05, 0) is 11.6 Å². The summed E-state index contributed by atoms with van der Waals surface area (Å²) in [6.45, 7) is 0. The van der Waals surface area contributed by atoms with Crippen LogP contribution in [0.2, 0.25) is 0 Å². The average Bonchev–Trinajstić information content (AvgIpc) is 2.15. The molecular weight excluding hydrogens is 197 g/mol. The van der Waals surface area contributed by atoms with Crippen LogP contribution in [-0.2, 0) is 0 Å². The molecule has 0 saturated heterocycles. The summed E-state index contributed by atoms with van der Waals surface area (Å²) in [5.74, 6) is 0. The van der Waals surface area contributed by atoms with Gasteiger partial charge in [0.2, 0.25) is 0 Å². The van der Waals surface area contributed by atoms with E-state index in [0.717, 1.165) is 12.1 Å². The number of carbonyl (C=O) groups is 1. The summed E-state index contributed by atoms with van der Waals surface area (Å²) in [4.78, 5) is 10.3. The number of halogens is 3. The Balaban J connectivity index is 3.01. The van der Waals surface area contributed by atoms with E-state index in [0.29, 0.717) is 6.29 Å². The van der Waals surface area contributed by atoms with Crippen molar-refractivity contribution >= 4 is 6.29 Å². The summed E-state index contributed by atoms with van der Waals surface area (Å²) < 4.78 is 36.1. The van der Waals surface area contributed by atoms with Gasteiger partial charge >= 0.3 is 6.18 Å². The first-order valence-corrected chi connectivity index (χ1v) is 3.75. The Morgan fingerprint density at radius 2 is 2.00 bits per heavy atom. The minimum atomic E-state index is -4.71. The van der Waals surface area contributed by atoms with Gasteiger partial charge in [0, 0.05) is 5.56 Å². The lowest BCUT2D eigenvalue weighted by Gasteiger charge is -2.14. The third-order valence-corrected chi connectivity index (χ3v) is 1.67. The summed E-state index contributed by atoms with van der Waals surface area (Å²) in [6.07, 6.45) is -6.82. The Kier molecular flexibility index (Phi) is 2.90. The second kappa shape index (κ2) is 3.79. The van der Waals surface area contributed by atoms with Gasteiger partial charge in [0.25, 0.3) is 0 Å². The number of hydrogen-bond acceptors (Lipinski definition) is 2. The molecule has 1 aromatic carbocycles. The Morgan fingerprint density at radius 1 is 1.36 bits per heavy atom. The zero-order chi connectivity index (χ0) is 10.8. The van der Waals surface area contributed by atoms with Gasteiger partial charge in [-0.15, -0.1) is 0 Å². The van der Waals surface area contributed by atoms with Gasteiger partial charge in [-0.3, -0.25) is 4.79 Å². The normalized spacial score (nSPS) is 13.7. The van der Waals surface area contributed by atoms with Crippen molar-refractivity contribution in [1.82, 2.24) is 0 Å². The fraction of sp³-hybridized carbons (Fsp3) is 0.222. The Bertz CT molecular complexity index is 333. The van der Waals surface area contributed by atoms with Crippen LogP contribution < -0.4 is 0 Å². The largest absolute Gasteiger partial charge is 0.418 e. The fourth-order valence-electron chi connectivity index (χ4n) is 0.991. The number of hydrogen-bond donors (Lipinski definition) is 1. The molecule has 14 heavy (non-hydrogen) atoms. The smallest absolute Gasteiger partial charge is 0.379 e. The first-order chi connectivity index (χ1) is 6.45. The zero-order valence-electron chi connectivity index (χ0n) is 6.95. The molecule has 2 nitrogen and oxygen atoms in total. The lowest BCUT2D eigenvalue weighted by Crippen LogP contribution is -2.20. The van der Waals surface area contributed by atoms with Crippen molar-refractivity contribution in [2.75, 3.05) is 0 Å². The minimum Gasteiger partial charge on any atom is -0.379 e. The molecular formula is C9H7F3O2. The van der Waals surface area contributed by atoms with Crippen LogP contribution in [0.5, 0.6) is 0 Å². The van der Waals surface area contributed by atoms with Crippen molar-refractivity contribution in [2.24, 2.45) is 0 Å². The third-order valence-electron chi connectivity index (χ3n) is 1.67. The summed E-state index contributed by atoms with van der Waals surface area (Å²) in [5, 5.41) is 8.84. The summed E-state index contributed by atoms with van der Waals surface area (Å²) in [7, 11) is 0. The van der Waals surface area contributed by atoms with Crippen molar-refractivity contribution in [3.63, 3.8) is 0 Å². The van der Waals surface area contributed by atoms with Crippen LogP contribution in [0.1, 0.15) is 22.0 Å². The van der Waals surface area contributed by atoms with Gasteiger partial charge < -0.3 is 5.11 Å². The number of benzene rings is 1. The number of aliphatic hydroxyl groups is 1. The van der Waals surface area contributed by atoms with E-state index in [4.69, 9.17) is 5.11 Å². The van der Waals surface area contributed by atoms with Gasteiger partial charge in [0.15, 0.2) is 6.10 Å². The van der Waals surface area contributed by atoms with Gasteiger partial charge in [-0.2, -0.15) is 13.2 Å². The lowest BCUT2D eigenvalue weighted by molar-refractivity contribution is -0.206. The van der Waals surface area contributed by atoms with Gasteiger partial charge in [-0.25, -0.2) is 0 Å². The number of aldehydes is 1. The van der Waals surface area contributed by atoms with Gasteiger partial charge in [0.1, 0.15) is 6.29 Å². The average molecular weight is 204 g/mol. The molecule has 1 aromatic rings. The molecule has 0 heterocycles. The quantitative estimate of drug-likeness (QED) is 0.749. The van der Waals surface area contributed by atoms with Crippen LogP contribution in [0.25, 0.3) is 0 Å². The highest BCUT2D eigenvalue weighted by Gasteiger charge is 2.39. The molecule has 1 atom stereocenters. The molecule has 0 aliphatic rings. The molecule has 0 amide bonds. The first-order valence-electron chi connectivity index (χ1n) is 3.75. The standard InChI is InChI=1S/C9H7F3O2/c10-9(11,12)8(14)7-3-1-2-6(4-7)5-13/h1-5,8,14H. The Morgan fingerprint density at radius 3 is 2.50 bits per heavy atom. The molecule has 0 bridgehead atoms. The molecule has 0 aromatic heterocycles. The van der Waals surface area contributed by atoms with Crippen molar-refractivity contribution in [3.8, 4) is 0 Å². The van der Waals surface area contributed by atoms with Gasteiger partial charge in [-0.1, -0.05) is 18.2 Å². The van der Waals surface area contributed by atoms with E-state index in [1.54, 1.807) is 0 Å². The van der Waals surface area contributed by atoms with Crippen LogP contribution in [0, 0.1) is 0 Å². The Labute approximate surface area is 78.0 Å². The number of alkyl halides is 3. The minimum absolute atomic E-state index is 0.103. The van der Waals surface area contributed by atoms with Crippen molar-refractivity contribution in [2.45, 2.75) is 12.3 Å².